The summed E-state index contributed by atoms with van der Waals surface area (Å²) in [6, 6.07) is 7.30. The van der Waals surface area contributed by atoms with Crippen LogP contribution >= 0.6 is 0 Å². The molecule has 1 aromatic carbocycles. The van der Waals surface area contributed by atoms with E-state index in [4.69, 9.17) is 19.9 Å². The van der Waals surface area contributed by atoms with Crippen LogP contribution in [0.15, 0.2) is 30.5 Å². The quantitative estimate of drug-likeness (QED) is 0.908. The van der Waals surface area contributed by atoms with Gasteiger partial charge in [-0.3, -0.25) is 0 Å². The Morgan fingerprint density at radius 2 is 1.60 bits per heavy atom. The Labute approximate surface area is 118 Å². The third-order valence-electron chi connectivity index (χ3n) is 2.86. The fourth-order valence-corrected chi connectivity index (χ4v) is 1.79. The Hall–Kier alpha value is -2.27. The molecule has 0 atom stereocenters. The zero-order valence-electron chi connectivity index (χ0n) is 11.8. The van der Waals surface area contributed by atoms with Crippen LogP contribution in [0.1, 0.15) is 11.1 Å². The molecule has 0 spiro atoms. The molecule has 5 nitrogen and oxygen atoms in total. The number of nitrogens with zero attached hydrogens (tertiary/aromatic N) is 1. The van der Waals surface area contributed by atoms with Crippen LogP contribution < -0.4 is 19.9 Å². The zero-order valence-corrected chi connectivity index (χ0v) is 11.8. The van der Waals surface area contributed by atoms with Gasteiger partial charge in [0.2, 0.25) is 5.88 Å². The zero-order chi connectivity index (χ0) is 14.5. The number of methoxy groups -OCH3 is 2. The Kier molecular flexibility index (Phi) is 4.42. The Balaban J connectivity index is 2.29. The minimum atomic E-state index is 0.459. The number of hydrogen-bond donors (Lipinski definition) is 1. The molecule has 0 radical (unpaired) electrons. The van der Waals surface area contributed by atoms with Crippen molar-refractivity contribution in [1.82, 2.24) is 4.98 Å². The second-order valence-corrected chi connectivity index (χ2v) is 4.32. The van der Waals surface area contributed by atoms with E-state index in [9.17, 15) is 0 Å². The molecule has 1 aromatic heterocycles. The number of ether oxygens (including phenoxy) is 3. The number of aromatic nitrogens is 1. The first-order valence-corrected chi connectivity index (χ1v) is 6.22. The van der Waals surface area contributed by atoms with Crippen molar-refractivity contribution in [3.63, 3.8) is 0 Å². The highest BCUT2D eigenvalue weighted by molar-refractivity contribution is 5.44. The van der Waals surface area contributed by atoms with Gasteiger partial charge in [-0.05, 0) is 18.6 Å². The summed E-state index contributed by atoms with van der Waals surface area (Å²) < 4.78 is 16.2. The summed E-state index contributed by atoms with van der Waals surface area (Å²) in [6.45, 7) is 2.39. The number of rotatable bonds is 5. The molecular formula is C15H18N2O3. The van der Waals surface area contributed by atoms with Crippen molar-refractivity contribution in [3.05, 3.63) is 41.6 Å². The van der Waals surface area contributed by atoms with Crippen LogP contribution in [0.3, 0.4) is 0 Å². The highest BCUT2D eigenvalue weighted by atomic mass is 16.5. The molecule has 2 aromatic rings. The molecule has 20 heavy (non-hydrogen) atoms. The lowest BCUT2D eigenvalue weighted by Gasteiger charge is -2.11. The number of aryl methyl sites for hydroxylation is 1. The molecule has 0 aliphatic heterocycles. The second-order valence-electron chi connectivity index (χ2n) is 4.32. The van der Waals surface area contributed by atoms with Gasteiger partial charge in [0.1, 0.15) is 17.2 Å². The van der Waals surface area contributed by atoms with Gasteiger partial charge < -0.3 is 19.9 Å². The largest absolute Gasteiger partial charge is 0.496 e. The monoisotopic (exact) mass is 274 g/mol. The maximum Gasteiger partial charge on any atom is 0.222 e. The Bertz CT molecular complexity index is 577. The Morgan fingerprint density at radius 1 is 1.00 bits per heavy atom. The van der Waals surface area contributed by atoms with E-state index in [-0.39, 0.29) is 0 Å². The van der Waals surface area contributed by atoms with Gasteiger partial charge in [-0.2, -0.15) is 0 Å². The topological polar surface area (TPSA) is 66.6 Å². The molecule has 2 N–H and O–H groups in total. The molecule has 0 fully saturated rings. The van der Waals surface area contributed by atoms with E-state index in [2.05, 4.69) is 4.98 Å². The molecule has 0 unspecified atom stereocenters. The summed E-state index contributed by atoms with van der Waals surface area (Å²) in [6.07, 6.45) is 1.71. The maximum absolute atomic E-state index is 5.78. The summed E-state index contributed by atoms with van der Waals surface area (Å²) in [5.74, 6) is 2.47. The minimum absolute atomic E-state index is 0.459. The summed E-state index contributed by atoms with van der Waals surface area (Å²) in [5.41, 5.74) is 7.48. The first-order valence-electron chi connectivity index (χ1n) is 6.22. The normalized spacial score (nSPS) is 10.2. The van der Waals surface area contributed by atoms with Gasteiger partial charge in [-0.15, -0.1) is 0 Å². The average molecular weight is 274 g/mol. The molecule has 0 saturated heterocycles. The van der Waals surface area contributed by atoms with Gasteiger partial charge in [-0.1, -0.05) is 0 Å². The van der Waals surface area contributed by atoms with Crippen LogP contribution in [-0.2, 0) is 6.54 Å². The number of nitrogens with two attached hydrogens (primary N) is 1. The molecule has 0 bridgehead atoms. The molecule has 0 aliphatic rings. The van der Waals surface area contributed by atoms with Gasteiger partial charge in [-0.25, -0.2) is 4.98 Å². The molecule has 2 rings (SSSR count). The Morgan fingerprint density at radius 3 is 2.10 bits per heavy atom. The summed E-state index contributed by atoms with van der Waals surface area (Å²) in [7, 11) is 3.19. The fourth-order valence-electron chi connectivity index (χ4n) is 1.79. The van der Waals surface area contributed by atoms with Gasteiger partial charge in [0.15, 0.2) is 0 Å². The van der Waals surface area contributed by atoms with Crippen LogP contribution in [0.4, 0.5) is 0 Å². The van der Waals surface area contributed by atoms with E-state index in [0.29, 0.717) is 29.7 Å². The molecule has 1 heterocycles. The van der Waals surface area contributed by atoms with Gasteiger partial charge in [0.05, 0.1) is 14.2 Å². The van der Waals surface area contributed by atoms with Crippen LogP contribution in [-0.4, -0.2) is 19.2 Å². The van der Waals surface area contributed by atoms with Crippen LogP contribution in [0.25, 0.3) is 0 Å². The van der Waals surface area contributed by atoms with E-state index >= 15 is 0 Å². The van der Waals surface area contributed by atoms with Crippen molar-refractivity contribution in [3.8, 4) is 23.1 Å². The molecule has 106 valence electrons. The van der Waals surface area contributed by atoms with E-state index in [0.717, 1.165) is 11.1 Å². The first-order chi connectivity index (χ1) is 9.66. The number of pyridine rings is 1. The minimum Gasteiger partial charge on any atom is -0.496 e. The predicted molar refractivity (Wildman–Crippen MR) is 76.5 cm³/mol. The van der Waals surface area contributed by atoms with Gasteiger partial charge >= 0.3 is 0 Å². The third kappa shape index (κ3) is 3.19. The van der Waals surface area contributed by atoms with E-state index < -0.39 is 0 Å². The first kappa shape index (κ1) is 14.1. The van der Waals surface area contributed by atoms with Gasteiger partial charge in [0.25, 0.3) is 0 Å². The maximum atomic E-state index is 5.78. The lowest BCUT2D eigenvalue weighted by Crippen LogP contribution is -1.99. The van der Waals surface area contributed by atoms with Gasteiger partial charge in [0, 0.05) is 36.5 Å². The lowest BCUT2D eigenvalue weighted by atomic mass is 10.2. The van der Waals surface area contributed by atoms with Crippen molar-refractivity contribution in [2.24, 2.45) is 5.73 Å². The highest BCUT2D eigenvalue weighted by Crippen LogP contribution is 2.31. The van der Waals surface area contributed by atoms with E-state index in [1.54, 1.807) is 38.6 Å². The molecule has 5 heteroatoms. The van der Waals surface area contributed by atoms with Crippen LogP contribution in [0.5, 0.6) is 23.1 Å². The van der Waals surface area contributed by atoms with Crippen LogP contribution in [0.2, 0.25) is 0 Å². The smallest absolute Gasteiger partial charge is 0.222 e. The summed E-state index contributed by atoms with van der Waals surface area (Å²) in [5, 5.41) is 0. The lowest BCUT2D eigenvalue weighted by molar-refractivity contribution is 0.384. The van der Waals surface area contributed by atoms with Crippen molar-refractivity contribution >= 4 is 0 Å². The van der Waals surface area contributed by atoms with E-state index in [1.807, 2.05) is 13.0 Å². The van der Waals surface area contributed by atoms with Crippen molar-refractivity contribution in [2.45, 2.75) is 13.5 Å². The third-order valence-corrected chi connectivity index (χ3v) is 2.86. The highest BCUT2D eigenvalue weighted by Gasteiger charge is 2.07. The summed E-state index contributed by atoms with van der Waals surface area (Å²) in [4.78, 5) is 4.27. The SMILES string of the molecule is COc1cc(OC)cc(Oc2ncc(CN)cc2C)c1. The van der Waals surface area contributed by atoms with Crippen molar-refractivity contribution in [1.29, 1.82) is 0 Å². The standard InChI is InChI=1S/C15H18N2O3/c1-10-4-11(8-16)9-17-15(10)20-14-6-12(18-2)5-13(7-14)19-3/h4-7,9H,8,16H2,1-3H3. The predicted octanol–water partition coefficient (Wildman–Crippen LogP) is 2.66. The number of benzene rings is 1. The van der Waals surface area contributed by atoms with E-state index in [1.165, 1.54) is 0 Å². The molecule has 0 saturated carbocycles. The molecule has 0 amide bonds. The number of hydrogen-bond acceptors (Lipinski definition) is 5. The van der Waals surface area contributed by atoms with Crippen molar-refractivity contribution < 1.29 is 14.2 Å². The van der Waals surface area contributed by atoms with Crippen molar-refractivity contribution in [2.75, 3.05) is 14.2 Å². The second kappa shape index (κ2) is 6.25. The molecule has 0 aliphatic carbocycles. The van der Waals surface area contributed by atoms with Crippen LogP contribution in [0, 0.1) is 6.92 Å². The summed E-state index contributed by atoms with van der Waals surface area (Å²) >= 11 is 0. The average Bonchev–Trinajstić information content (AvgIpc) is 2.48. The fraction of sp³-hybridized carbons (Fsp3) is 0.267. The molecular weight excluding hydrogens is 256 g/mol.